The van der Waals surface area contributed by atoms with Crippen LogP contribution >= 0.6 is 0 Å². The maximum Gasteiger partial charge on any atom is 0.290 e. The van der Waals surface area contributed by atoms with E-state index in [0.29, 0.717) is 11.6 Å². The van der Waals surface area contributed by atoms with Gasteiger partial charge in [-0.2, -0.15) is 10.4 Å². The van der Waals surface area contributed by atoms with Gasteiger partial charge in [-0.05, 0) is 31.4 Å². The number of nitrogens with two attached hydrogens (primary N) is 1. The fraction of sp³-hybridized carbons (Fsp3) is 0.250. The minimum absolute atomic E-state index is 0.149. The van der Waals surface area contributed by atoms with Gasteiger partial charge >= 0.3 is 0 Å². The number of aromatic nitrogens is 4. The van der Waals surface area contributed by atoms with Gasteiger partial charge in [-0.15, -0.1) is 0 Å². The smallest absolute Gasteiger partial charge is 0.290 e. The molecule has 154 valence electrons. The van der Waals surface area contributed by atoms with Gasteiger partial charge < -0.3 is 20.9 Å². The summed E-state index contributed by atoms with van der Waals surface area (Å²) in [6, 6.07) is 11.9. The van der Waals surface area contributed by atoms with Crippen LogP contribution in [0.25, 0.3) is 11.3 Å². The highest BCUT2D eigenvalue weighted by Gasteiger charge is 2.24. The van der Waals surface area contributed by atoms with Crippen molar-refractivity contribution in [2.75, 3.05) is 5.32 Å². The minimum atomic E-state index is -0.250. The molecule has 5 N–H and O–H groups in total. The summed E-state index contributed by atoms with van der Waals surface area (Å²) in [5.74, 6) is 1.92. The predicted octanol–water partition coefficient (Wildman–Crippen LogP) is 2.44. The largest absolute Gasteiger partial charge is 0.490 e. The summed E-state index contributed by atoms with van der Waals surface area (Å²) in [7, 11) is 0. The van der Waals surface area contributed by atoms with Gasteiger partial charge in [-0.3, -0.25) is 9.89 Å². The van der Waals surface area contributed by atoms with Crippen LogP contribution in [0.1, 0.15) is 25.0 Å². The number of hydrogen-bond acceptors (Lipinski definition) is 8. The van der Waals surface area contributed by atoms with Crippen molar-refractivity contribution in [3.8, 4) is 23.1 Å². The molecule has 2 atom stereocenters. The normalized spacial score (nSPS) is 17.3. The Hall–Kier alpha value is -3.97. The second-order valence-electron chi connectivity index (χ2n) is 6.61. The number of H-pyrrole nitrogens is 1. The molecule has 4 rings (SSSR count). The molecule has 10 heteroatoms. The Bertz CT molecular complexity index is 1010. The van der Waals surface area contributed by atoms with Crippen LogP contribution in [0.5, 0.6) is 5.75 Å². The zero-order valence-electron chi connectivity index (χ0n) is 16.0. The molecule has 1 aliphatic rings. The number of para-hydroxylation sites is 1. The van der Waals surface area contributed by atoms with E-state index < -0.39 is 0 Å². The highest BCUT2D eigenvalue weighted by atomic mass is 16.5. The molecule has 2 aromatic heterocycles. The van der Waals surface area contributed by atoms with E-state index in [-0.39, 0.29) is 24.3 Å². The maximum atomic E-state index is 8.78. The van der Waals surface area contributed by atoms with E-state index in [0.717, 1.165) is 36.3 Å². The number of ether oxygens (including phenoxy) is 1. The molecule has 1 aromatic carbocycles. The van der Waals surface area contributed by atoms with Crippen molar-refractivity contribution in [3.63, 3.8) is 0 Å². The Morgan fingerprint density at radius 1 is 1.27 bits per heavy atom. The zero-order valence-corrected chi connectivity index (χ0v) is 16.0. The number of anilines is 2. The predicted molar refractivity (Wildman–Crippen MR) is 109 cm³/mol. The van der Waals surface area contributed by atoms with Gasteiger partial charge in [0.2, 0.25) is 0 Å². The molecular formula is C20H21N7O3. The molecule has 0 amide bonds. The number of nitrogens with one attached hydrogen (secondary N) is 2. The van der Waals surface area contributed by atoms with Crippen LogP contribution in [-0.2, 0) is 4.79 Å². The molecule has 0 bridgehead atoms. The zero-order chi connectivity index (χ0) is 21.3. The van der Waals surface area contributed by atoms with Crippen molar-refractivity contribution in [2.45, 2.75) is 31.4 Å². The Kier molecular flexibility index (Phi) is 6.91. The quantitative estimate of drug-likeness (QED) is 0.465. The Balaban J connectivity index is 0.000000806. The number of benzene rings is 1. The van der Waals surface area contributed by atoms with Crippen LogP contribution in [0.3, 0.4) is 0 Å². The first kappa shape index (κ1) is 20.8. The van der Waals surface area contributed by atoms with E-state index >= 15 is 0 Å². The molecule has 30 heavy (non-hydrogen) atoms. The SMILES string of the molecule is N#Cc1cnc(Nc2cc(-c3ccccc3O[C@H]3CC[C@@H](N)C3)[nH]n2)cn1.O=CO. The maximum absolute atomic E-state index is 8.78. The van der Waals surface area contributed by atoms with Crippen LogP contribution in [0.4, 0.5) is 11.6 Å². The van der Waals surface area contributed by atoms with E-state index in [1.807, 2.05) is 36.4 Å². The van der Waals surface area contributed by atoms with Crippen molar-refractivity contribution in [3.05, 3.63) is 48.4 Å². The average molecular weight is 407 g/mol. The first-order chi connectivity index (χ1) is 14.6. The minimum Gasteiger partial charge on any atom is -0.490 e. The Morgan fingerprint density at radius 2 is 2.07 bits per heavy atom. The standard InChI is InChI=1S/C19H19N7O.CH2O2/c20-9-13-10-23-19(11-22-13)24-18-8-16(25-26-18)15-3-1-2-4-17(15)27-14-6-5-12(21)7-14;2-1-3/h1-4,8,10-12,14H,5-7,21H2,(H2,23,24,25,26);1H,(H,2,3)/t12-,14+;/m1./s1. The van der Waals surface area contributed by atoms with Gasteiger partial charge in [0.25, 0.3) is 6.47 Å². The van der Waals surface area contributed by atoms with E-state index in [1.54, 1.807) is 0 Å². The molecule has 0 radical (unpaired) electrons. The monoisotopic (exact) mass is 407 g/mol. The number of nitriles is 1. The Morgan fingerprint density at radius 3 is 2.73 bits per heavy atom. The summed E-state index contributed by atoms with van der Waals surface area (Å²) in [4.78, 5) is 16.5. The van der Waals surface area contributed by atoms with Gasteiger partial charge in [0, 0.05) is 17.7 Å². The summed E-state index contributed by atoms with van der Waals surface area (Å²) in [6.07, 6.45) is 5.90. The molecule has 1 aliphatic carbocycles. The van der Waals surface area contributed by atoms with Crippen molar-refractivity contribution in [1.29, 1.82) is 5.26 Å². The molecule has 0 aliphatic heterocycles. The fourth-order valence-corrected chi connectivity index (χ4v) is 3.16. The highest BCUT2D eigenvalue weighted by Crippen LogP contribution is 2.33. The van der Waals surface area contributed by atoms with Gasteiger partial charge in [-0.25, -0.2) is 9.97 Å². The third kappa shape index (κ3) is 5.30. The van der Waals surface area contributed by atoms with E-state index in [9.17, 15) is 0 Å². The summed E-state index contributed by atoms with van der Waals surface area (Å²) in [6.45, 7) is -0.250. The number of nitrogens with zero attached hydrogens (tertiary/aromatic N) is 4. The third-order valence-electron chi connectivity index (χ3n) is 4.50. The molecule has 10 nitrogen and oxygen atoms in total. The highest BCUT2D eigenvalue weighted by molar-refractivity contribution is 5.70. The van der Waals surface area contributed by atoms with Crippen molar-refractivity contribution < 1.29 is 14.6 Å². The van der Waals surface area contributed by atoms with Crippen molar-refractivity contribution >= 4 is 18.1 Å². The summed E-state index contributed by atoms with van der Waals surface area (Å²) < 4.78 is 6.18. The number of aromatic amines is 1. The van der Waals surface area contributed by atoms with E-state index in [1.165, 1.54) is 12.4 Å². The number of rotatable bonds is 5. The van der Waals surface area contributed by atoms with E-state index in [2.05, 4.69) is 25.5 Å². The van der Waals surface area contributed by atoms with Crippen LogP contribution in [0, 0.1) is 11.3 Å². The van der Waals surface area contributed by atoms with E-state index in [4.69, 9.17) is 25.6 Å². The van der Waals surface area contributed by atoms with Gasteiger partial charge in [0.05, 0.1) is 18.1 Å². The van der Waals surface area contributed by atoms with Gasteiger partial charge in [0.15, 0.2) is 11.5 Å². The molecule has 2 heterocycles. The summed E-state index contributed by atoms with van der Waals surface area (Å²) >= 11 is 0. The summed E-state index contributed by atoms with van der Waals surface area (Å²) in [5, 5.41) is 26.0. The lowest BCUT2D eigenvalue weighted by Gasteiger charge is -2.16. The number of carboxylic acid groups (broad SMARTS) is 1. The molecule has 1 saturated carbocycles. The topological polar surface area (TPSA) is 163 Å². The average Bonchev–Trinajstić information content (AvgIpc) is 3.38. The van der Waals surface area contributed by atoms with Crippen molar-refractivity contribution in [1.82, 2.24) is 20.2 Å². The number of carbonyl (C=O) groups is 1. The molecule has 0 unspecified atom stereocenters. The first-order valence-corrected chi connectivity index (χ1v) is 9.27. The third-order valence-corrected chi connectivity index (χ3v) is 4.50. The summed E-state index contributed by atoms with van der Waals surface area (Å²) in [5.41, 5.74) is 8.02. The van der Waals surface area contributed by atoms with Crippen LogP contribution in [-0.4, -0.2) is 43.9 Å². The second kappa shape index (κ2) is 9.99. The number of hydrogen-bond donors (Lipinski definition) is 4. The molecular weight excluding hydrogens is 386 g/mol. The fourth-order valence-electron chi connectivity index (χ4n) is 3.16. The van der Waals surface area contributed by atoms with Crippen LogP contribution in [0.15, 0.2) is 42.7 Å². The van der Waals surface area contributed by atoms with Crippen LogP contribution in [0.2, 0.25) is 0 Å². The molecule has 3 aromatic rings. The van der Waals surface area contributed by atoms with Crippen LogP contribution < -0.4 is 15.8 Å². The van der Waals surface area contributed by atoms with Gasteiger partial charge in [0.1, 0.15) is 23.7 Å². The van der Waals surface area contributed by atoms with Gasteiger partial charge in [-0.1, -0.05) is 12.1 Å². The molecule has 0 saturated heterocycles. The molecule has 0 spiro atoms. The first-order valence-electron chi connectivity index (χ1n) is 9.27. The Labute approximate surface area is 172 Å². The lowest BCUT2D eigenvalue weighted by molar-refractivity contribution is -0.122. The lowest BCUT2D eigenvalue weighted by Crippen LogP contribution is -2.19. The van der Waals surface area contributed by atoms with Crippen molar-refractivity contribution in [2.24, 2.45) is 5.73 Å². The molecule has 1 fully saturated rings. The second-order valence-corrected chi connectivity index (χ2v) is 6.61. The lowest BCUT2D eigenvalue weighted by atomic mass is 10.1.